The first kappa shape index (κ1) is 19.2. The maximum absolute atomic E-state index is 12.9. The predicted molar refractivity (Wildman–Crippen MR) is 104 cm³/mol. The van der Waals surface area contributed by atoms with Crippen LogP contribution in [0.1, 0.15) is 12.5 Å². The summed E-state index contributed by atoms with van der Waals surface area (Å²) in [7, 11) is 0. The molecule has 1 aliphatic rings. The lowest BCUT2D eigenvalue weighted by atomic mass is 10.1. The summed E-state index contributed by atoms with van der Waals surface area (Å²) >= 11 is 0. The summed E-state index contributed by atoms with van der Waals surface area (Å²) in [5, 5.41) is 12.4. The minimum atomic E-state index is -0.247. The summed E-state index contributed by atoms with van der Waals surface area (Å²) in [6, 6.07) is 13.4. The van der Waals surface area contributed by atoms with Crippen molar-refractivity contribution in [2.24, 2.45) is 0 Å². The Labute approximate surface area is 159 Å². The highest BCUT2D eigenvalue weighted by molar-refractivity contribution is 5.81. The molecule has 0 bridgehead atoms. The maximum Gasteiger partial charge on any atom is 0.237 e. The van der Waals surface area contributed by atoms with Gasteiger partial charge in [0.2, 0.25) is 5.91 Å². The molecule has 2 N–H and O–H groups in total. The minimum Gasteiger partial charge on any atom is -0.508 e. The number of phenolic OH excluding ortho intramolecular Hbond substituents is 1. The van der Waals surface area contributed by atoms with Crippen LogP contribution in [0.5, 0.6) is 5.75 Å². The van der Waals surface area contributed by atoms with Gasteiger partial charge in [0.05, 0.1) is 6.04 Å². The number of carbonyl (C=O) groups excluding carboxylic acids is 1. The summed E-state index contributed by atoms with van der Waals surface area (Å²) in [6.45, 7) is 5.79. The van der Waals surface area contributed by atoms with Gasteiger partial charge in [-0.2, -0.15) is 0 Å². The topological polar surface area (TPSA) is 55.8 Å². The maximum atomic E-state index is 12.9. The third-order valence-corrected chi connectivity index (χ3v) is 5.08. The molecule has 1 unspecified atom stereocenters. The number of piperazine rings is 1. The second-order valence-electron chi connectivity index (χ2n) is 6.88. The van der Waals surface area contributed by atoms with E-state index in [0.717, 1.165) is 37.4 Å². The van der Waals surface area contributed by atoms with E-state index in [1.165, 1.54) is 12.1 Å². The number of anilines is 1. The SMILES string of the molecule is CC(C(=O)NCCc1ccc(F)cc1)N1CCN(c2ccc(O)cc2)CC1. The van der Waals surface area contributed by atoms with Crippen LogP contribution in [-0.2, 0) is 11.2 Å². The van der Waals surface area contributed by atoms with E-state index in [1.54, 1.807) is 24.3 Å². The Morgan fingerprint density at radius 3 is 2.33 bits per heavy atom. The Morgan fingerprint density at radius 1 is 1.07 bits per heavy atom. The largest absolute Gasteiger partial charge is 0.508 e. The molecule has 0 radical (unpaired) electrons. The van der Waals surface area contributed by atoms with Gasteiger partial charge < -0.3 is 15.3 Å². The van der Waals surface area contributed by atoms with Crippen LogP contribution in [0.25, 0.3) is 0 Å². The molecule has 6 heteroatoms. The lowest BCUT2D eigenvalue weighted by Crippen LogP contribution is -2.54. The van der Waals surface area contributed by atoms with Crippen LogP contribution in [0.4, 0.5) is 10.1 Å². The van der Waals surface area contributed by atoms with Gasteiger partial charge in [-0.05, 0) is 55.3 Å². The van der Waals surface area contributed by atoms with Crippen molar-refractivity contribution in [3.05, 3.63) is 59.9 Å². The molecule has 5 nitrogen and oxygen atoms in total. The predicted octanol–water partition coefficient (Wildman–Crippen LogP) is 2.40. The highest BCUT2D eigenvalue weighted by atomic mass is 19.1. The number of nitrogens with zero attached hydrogens (tertiary/aromatic N) is 2. The van der Waals surface area contributed by atoms with Crippen molar-refractivity contribution < 1.29 is 14.3 Å². The Kier molecular flexibility index (Phi) is 6.29. The summed E-state index contributed by atoms with van der Waals surface area (Å²) < 4.78 is 12.9. The van der Waals surface area contributed by atoms with Gasteiger partial charge in [-0.15, -0.1) is 0 Å². The van der Waals surface area contributed by atoms with Crippen LogP contribution < -0.4 is 10.2 Å². The number of benzene rings is 2. The first-order valence-electron chi connectivity index (χ1n) is 9.33. The summed E-state index contributed by atoms with van der Waals surface area (Å²) in [4.78, 5) is 16.9. The first-order chi connectivity index (χ1) is 13.0. The first-order valence-corrected chi connectivity index (χ1v) is 9.33. The van der Waals surface area contributed by atoms with Crippen molar-refractivity contribution >= 4 is 11.6 Å². The average molecular weight is 371 g/mol. The molecular weight excluding hydrogens is 345 g/mol. The second-order valence-corrected chi connectivity index (χ2v) is 6.88. The van der Waals surface area contributed by atoms with E-state index >= 15 is 0 Å². The van der Waals surface area contributed by atoms with Gasteiger partial charge in [0, 0.05) is 38.4 Å². The Bertz CT molecular complexity index is 741. The monoisotopic (exact) mass is 371 g/mol. The van der Waals surface area contributed by atoms with Gasteiger partial charge >= 0.3 is 0 Å². The van der Waals surface area contributed by atoms with E-state index in [-0.39, 0.29) is 23.5 Å². The zero-order chi connectivity index (χ0) is 19.2. The number of amides is 1. The molecule has 27 heavy (non-hydrogen) atoms. The summed E-state index contributed by atoms with van der Waals surface area (Å²) in [6.07, 6.45) is 0.688. The number of rotatable bonds is 6. The minimum absolute atomic E-state index is 0.0233. The molecule has 1 saturated heterocycles. The third kappa shape index (κ3) is 5.20. The Morgan fingerprint density at radius 2 is 1.70 bits per heavy atom. The van der Waals surface area contributed by atoms with Crippen LogP contribution in [-0.4, -0.2) is 54.7 Å². The fourth-order valence-corrected chi connectivity index (χ4v) is 3.33. The van der Waals surface area contributed by atoms with Crippen molar-refractivity contribution in [1.29, 1.82) is 0 Å². The van der Waals surface area contributed by atoms with Gasteiger partial charge in [0.25, 0.3) is 0 Å². The van der Waals surface area contributed by atoms with E-state index < -0.39 is 0 Å². The highest BCUT2D eigenvalue weighted by Gasteiger charge is 2.25. The van der Waals surface area contributed by atoms with Gasteiger partial charge in [-0.3, -0.25) is 9.69 Å². The standard InChI is InChI=1S/C21H26FN3O2/c1-16(21(27)23-11-10-17-2-4-18(22)5-3-17)24-12-14-25(15-13-24)19-6-8-20(26)9-7-19/h2-9,16,26H,10-15H2,1H3,(H,23,27). The molecule has 1 amide bonds. The number of nitrogens with one attached hydrogen (secondary N) is 1. The Balaban J connectivity index is 1.42. The number of carbonyl (C=O) groups is 1. The van der Waals surface area contributed by atoms with E-state index in [2.05, 4.69) is 15.1 Å². The smallest absolute Gasteiger partial charge is 0.237 e. The molecule has 1 heterocycles. The van der Waals surface area contributed by atoms with Crippen molar-refractivity contribution in [3.8, 4) is 5.75 Å². The van der Waals surface area contributed by atoms with E-state index in [4.69, 9.17) is 0 Å². The fourth-order valence-electron chi connectivity index (χ4n) is 3.33. The summed E-state index contributed by atoms with van der Waals surface area (Å²) in [5.41, 5.74) is 2.09. The molecule has 2 aromatic rings. The molecule has 0 spiro atoms. The molecule has 0 aromatic heterocycles. The van der Waals surface area contributed by atoms with Crippen molar-refractivity contribution in [2.45, 2.75) is 19.4 Å². The van der Waals surface area contributed by atoms with Crippen LogP contribution in [0.2, 0.25) is 0 Å². The zero-order valence-electron chi connectivity index (χ0n) is 15.6. The average Bonchev–Trinajstić information content (AvgIpc) is 2.69. The quantitative estimate of drug-likeness (QED) is 0.819. The van der Waals surface area contributed by atoms with Gasteiger partial charge in [-0.1, -0.05) is 12.1 Å². The normalized spacial score (nSPS) is 16.1. The van der Waals surface area contributed by atoms with Gasteiger partial charge in [-0.25, -0.2) is 4.39 Å². The van der Waals surface area contributed by atoms with E-state index in [0.29, 0.717) is 13.0 Å². The highest BCUT2D eigenvalue weighted by Crippen LogP contribution is 2.20. The van der Waals surface area contributed by atoms with Crippen molar-refractivity contribution in [1.82, 2.24) is 10.2 Å². The molecule has 3 rings (SSSR count). The molecule has 1 aliphatic heterocycles. The number of hydrogen-bond donors (Lipinski definition) is 2. The number of halogens is 1. The van der Waals surface area contributed by atoms with Crippen molar-refractivity contribution in [2.75, 3.05) is 37.6 Å². The summed E-state index contributed by atoms with van der Waals surface area (Å²) in [5.74, 6) is 0.0429. The zero-order valence-corrected chi connectivity index (χ0v) is 15.6. The van der Waals surface area contributed by atoms with Crippen LogP contribution >= 0.6 is 0 Å². The third-order valence-electron chi connectivity index (χ3n) is 5.08. The molecule has 0 aliphatic carbocycles. The fraction of sp³-hybridized carbons (Fsp3) is 0.381. The lowest BCUT2D eigenvalue weighted by molar-refractivity contribution is -0.125. The van der Waals surface area contributed by atoms with Crippen molar-refractivity contribution in [3.63, 3.8) is 0 Å². The molecular formula is C21H26FN3O2. The lowest BCUT2D eigenvalue weighted by Gasteiger charge is -2.38. The van der Waals surface area contributed by atoms with Gasteiger partial charge in [0.15, 0.2) is 0 Å². The molecule has 2 aromatic carbocycles. The number of aromatic hydroxyl groups is 1. The number of phenols is 1. The van der Waals surface area contributed by atoms with Gasteiger partial charge in [0.1, 0.15) is 11.6 Å². The van der Waals surface area contributed by atoms with E-state index in [1.807, 2.05) is 19.1 Å². The second kappa shape index (κ2) is 8.86. The number of hydrogen-bond acceptors (Lipinski definition) is 4. The molecule has 1 atom stereocenters. The van der Waals surface area contributed by atoms with E-state index in [9.17, 15) is 14.3 Å². The molecule has 1 fully saturated rings. The van der Waals surface area contributed by atoms with Crippen LogP contribution in [0, 0.1) is 5.82 Å². The molecule has 144 valence electrons. The molecule has 0 saturated carbocycles. The Hall–Kier alpha value is -2.60. The van der Waals surface area contributed by atoms with Crippen LogP contribution in [0.15, 0.2) is 48.5 Å². The van der Waals surface area contributed by atoms with Crippen LogP contribution in [0.3, 0.4) is 0 Å².